The standard InChI is InChI=1S/C18H18FN3O.C2HF3O2/c1-12-8-13(4-5-15(12)19)14-9-17-16(20-10-14)6-7-22(17)11-18(23)21(2)3;3-2(4,5)1(6)7/h4-10H,11H2,1-3H3;(H,6,7). The van der Waals surface area contributed by atoms with Crippen LogP contribution in [0.5, 0.6) is 0 Å². The van der Waals surface area contributed by atoms with E-state index in [1.807, 2.05) is 22.9 Å². The maximum Gasteiger partial charge on any atom is 0.490 e. The van der Waals surface area contributed by atoms with Gasteiger partial charge in [0.2, 0.25) is 5.91 Å². The van der Waals surface area contributed by atoms with Crippen molar-refractivity contribution in [1.82, 2.24) is 14.5 Å². The number of hydrogen-bond donors (Lipinski definition) is 1. The van der Waals surface area contributed by atoms with Gasteiger partial charge >= 0.3 is 12.1 Å². The molecule has 0 saturated heterocycles. The first-order valence-electron chi connectivity index (χ1n) is 8.62. The summed E-state index contributed by atoms with van der Waals surface area (Å²) < 4.78 is 47.1. The predicted molar refractivity (Wildman–Crippen MR) is 102 cm³/mol. The van der Waals surface area contributed by atoms with Gasteiger partial charge in [0.05, 0.1) is 11.0 Å². The molecule has 0 fully saturated rings. The van der Waals surface area contributed by atoms with E-state index >= 15 is 0 Å². The van der Waals surface area contributed by atoms with E-state index in [2.05, 4.69) is 4.98 Å². The molecular weight excluding hydrogens is 406 g/mol. The van der Waals surface area contributed by atoms with Crippen molar-refractivity contribution in [2.24, 2.45) is 0 Å². The minimum atomic E-state index is -5.08. The molecule has 3 aromatic rings. The first-order chi connectivity index (χ1) is 13.9. The highest BCUT2D eigenvalue weighted by molar-refractivity contribution is 5.84. The average molecular weight is 425 g/mol. The minimum absolute atomic E-state index is 0.0190. The molecule has 0 spiro atoms. The Morgan fingerprint density at radius 2 is 1.77 bits per heavy atom. The van der Waals surface area contributed by atoms with Gasteiger partial charge in [-0.3, -0.25) is 9.78 Å². The fourth-order valence-electron chi connectivity index (χ4n) is 2.47. The van der Waals surface area contributed by atoms with Gasteiger partial charge in [-0.25, -0.2) is 9.18 Å². The number of carbonyl (C=O) groups excluding carboxylic acids is 1. The van der Waals surface area contributed by atoms with Gasteiger partial charge in [-0.15, -0.1) is 0 Å². The van der Waals surface area contributed by atoms with Crippen LogP contribution in [0.4, 0.5) is 17.6 Å². The first kappa shape index (κ1) is 22.9. The number of fused-ring (bicyclic) bond motifs is 1. The zero-order valence-corrected chi connectivity index (χ0v) is 16.4. The summed E-state index contributed by atoms with van der Waals surface area (Å²) in [4.78, 5) is 26.8. The number of aliphatic carboxylic acids is 1. The highest BCUT2D eigenvalue weighted by Gasteiger charge is 2.38. The van der Waals surface area contributed by atoms with Crippen molar-refractivity contribution in [3.63, 3.8) is 0 Å². The van der Waals surface area contributed by atoms with E-state index in [0.717, 1.165) is 22.2 Å². The Hall–Kier alpha value is -3.43. The summed E-state index contributed by atoms with van der Waals surface area (Å²) in [6, 6.07) is 8.87. The van der Waals surface area contributed by atoms with Crippen molar-refractivity contribution in [1.29, 1.82) is 0 Å². The van der Waals surface area contributed by atoms with Gasteiger partial charge < -0.3 is 14.6 Å². The molecule has 160 valence electrons. The molecule has 0 bridgehead atoms. The van der Waals surface area contributed by atoms with E-state index in [4.69, 9.17) is 9.90 Å². The van der Waals surface area contributed by atoms with Gasteiger partial charge in [0, 0.05) is 32.1 Å². The van der Waals surface area contributed by atoms with E-state index in [1.165, 1.54) is 6.07 Å². The number of carboxylic acid groups (broad SMARTS) is 1. The lowest BCUT2D eigenvalue weighted by Gasteiger charge is -2.12. The Kier molecular flexibility index (Phi) is 6.81. The highest BCUT2D eigenvalue weighted by Crippen LogP contribution is 2.25. The highest BCUT2D eigenvalue weighted by atomic mass is 19.4. The molecule has 6 nitrogen and oxygen atoms in total. The number of pyridine rings is 1. The van der Waals surface area contributed by atoms with Crippen LogP contribution in [0.1, 0.15) is 5.56 Å². The van der Waals surface area contributed by atoms with Gasteiger partial charge in [0.15, 0.2) is 0 Å². The lowest BCUT2D eigenvalue weighted by Crippen LogP contribution is -2.25. The molecule has 0 saturated carbocycles. The number of amides is 1. The van der Waals surface area contributed by atoms with Crippen molar-refractivity contribution in [3.05, 3.63) is 54.1 Å². The number of carbonyl (C=O) groups is 2. The summed E-state index contributed by atoms with van der Waals surface area (Å²) >= 11 is 0. The Labute approximate surface area is 169 Å². The number of hydrogen-bond acceptors (Lipinski definition) is 3. The van der Waals surface area contributed by atoms with Gasteiger partial charge in [-0.2, -0.15) is 13.2 Å². The Balaban J connectivity index is 0.000000396. The summed E-state index contributed by atoms with van der Waals surface area (Å²) in [5.74, 6) is -2.96. The number of nitrogens with zero attached hydrogens (tertiary/aromatic N) is 3. The van der Waals surface area contributed by atoms with E-state index < -0.39 is 12.1 Å². The van der Waals surface area contributed by atoms with Crippen LogP contribution < -0.4 is 0 Å². The summed E-state index contributed by atoms with van der Waals surface area (Å²) in [7, 11) is 3.47. The molecule has 2 heterocycles. The van der Waals surface area contributed by atoms with Crippen LogP contribution >= 0.6 is 0 Å². The lowest BCUT2D eigenvalue weighted by atomic mass is 10.0. The maximum atomic E-state index is 13.4. The quantitative estimate of drug-likeness (QED) is 0.647. The second-order valence-electron chi connectivity index (χ2n) is 6.63. The van der Waals surface area contributed by atoms with E-state index in [0.29, 0.717) is 5.56 Å². The molecule has 30 heavy (non-hydrogen) atoms. The number of likely N-dealkylation sites (N-methyl/N-ethyl adjacent to an activating group) is 1. The summed E-state index contributed by atoms with van der Waals surface area (Å²) in [6.45, 7) is 2.01. The van der Waals surface area contributed by atoms with Crippen LogP contribution in [0, 0.1) is 12.7 Å². The Morgan fingerprint density at radius 1 is 1.13 bits per heavy atom. The maximum absolute atomic E-state index is 13.4. The molecule has 10 heteroatoms. The molecule has 2 aromatic heterocycles. The predicted octanol–water partition coefficient (Wildman–Crippen LogP) is 3.87. The lowest BCUT2D eigenvalue weighted by molar-refractivity contribution is -0.192. The number of halogens is 4. The van der Waals surface area contributed by atoms with Crippen molar-refractivity contribution < 1.29 is 32.3 Å². The first-order valence-corrected chi connectivity index (χ1v) is 8.62. The molecule has 3 rings (SSSR count). The molecule has 0 unspecified atom stereocenters. The van der Waals surface area contributed by atoms with E-state index in [1.54, 1.807) is 44.2 Å². The zero-order chi connectivity index (χ0) is 22.6. The van der Waals surface area contributed by atoms with Gasteiger partial charge in [-0.1, -0.05) is 6.07 Å². The van der Waals surface area contributed by atoms with E-state index in [-0.39, 0.29) is 18.3 Å². The number of alkyl halides is 3. The molecule has 0 aliphatic rings. The third kappa shape index (κ3) is 5.56. The van der Waals surface area contributed by atoms with E-state index in [9.17, 15) is 22.4 Å². The number of benzene rings is 1. The molecule has 0 atom stereocenters. The fraction of sp³-hybridized carbons (Fsp3) is 0.250. The van der Waals surface area contributed by atoms with Crippen LogP contribution in [0.15, 0.2) is 42.7 Å². The topological polar surface area (TPSA) is 75.4 Å². The largest absolute Gasteiger partial charge is 0.490 e. The summed E-state index contributed by atoms with van der Waals surface area (Å²) in [6.07, 6.45) is -1.45. The van der Waals surface area contributed by atoms with Crippen LogP contribution in [-0.2, 0) is 16.1 Å². The van der Waals surface area contributed by atoms with Gasteiger partial charge in [0.25, 0.3) is 0 Å². The molecule has 0 radical (unpaired) electrons. The number of aryl methyl sites for hydroxylation is 1. The third-order valence-corrected chi connectivity index (χ3v) is 4.16. The van der Waals surface area contributed by atoms with Crippen LogP contribution in [-0.4, -0.2) is 51.7 Å². The summed E-state index contributed by atoms with van der Waals surface area (Å²) in [5.41, 5.74) is 4.13. The van der Waals surface area contributed by atoms with Gasteiger partial charge in [-0.05, 0) is 42.3 Å². The Bertz CT molecular complexity index is 1070. The number of carboxylic acids is 1. The molecule has 1 amide bonds. The molecule has 0 aliphatic heterocycles. The smallest absolute Gasteiger partial charge is 0.475 e. The van der Waals surface area contributed by atoms with Crippen LogP contribution in [0.25, 0.3) is 22.2 Å². The third-order valence-electron chi connectivity index (χ3n) is 4.16. The minimum Gasteiger partial charge on any atom is -0.475 e. The van der Waals surface area contributed by atoms with Crippen LogP contribution in [0.3, 0.4) is 0 Å². The van der Waals surface area contributed by atoms with Crippen LogP contribution in [0.2, 0.25) is 0 Å². The molecular formula is C20H19F4N3O3. The van der Waals surface area contributed by atoms with Crippen molar-refractivity contribution in [2.75, 3.05) is 14.1 Å². The zero-order valence-electron chi connectivity index (χ0n) is 16.4. The molecule has 1 N–H and O–H groups in total. The molecule has 1 aromatic carbocycles. The van der Waals surface area contributed by atoms with Crippen molar-refractivity contribution >= 4 is 22.9 Å². The van der Waals surface area contributed by atoms with Crippen molar-refractivity contribution in [2.45, 2.75) is 19.6 Å². The number of rotatable bonds is 3. The SMILES string of the molecule is Cc1cc(-c2cnc3ccn(CC(=O)N(C)C)c3c2)ccc1F.O=C(O)C(F)(F)F. The normalized spacial score (nSPS) is 11.0. The average Bonchev–Trinajstić information content (AvgIpc) is 3.05. The van der Waals surface area contributed by atoms with Crippen molar-refractivity contribution in [3.8, 4) is 11.1 Å². The molecule has 0 aliphatic carbocycles. The van der Waals surface area contributed by atoms with Gasteiger partial charge in [0.1, 0.15) is 12.4 Å². The fourth-order valence-corrected chi connectivity index (χ4v) is 2.47. The second kappa shape index (κ2) is 8.93. The second-order valence-corrected chi connectivity index (χ2v) is 6.63. The summed E-state index contributed by atoms with van der Waals surface area (Å²) in [5, 5.41) is 7.12. The number of aromatic nitrogens is 2. The monoisotopic (exact) mass is 425 g/mol. The Morgan fingerprint density at radius 3 is 2.30 bits per heavy atom.